The molecule has 0 saturated carbocycles. The molecule has 2 rings (SSSR count). The summed E-state index contributed by atoms with van der Waals surface area (Å²) >= 11 is 5.00. The van der Waals surface area contributed by atoms with Gasteiger partial charge in [-0.05, 0) is 38.0 Å². The average Bonchev–Trinajstić information content (AvgIpc) is 2.43. The monoisotopic (exact) mass is 301 g/mol. The Balaban J connectivity index is 2.71. The molecule has 0 aliphatic heterocycles. The second kappa shape index (κ2) is 6.18. The Bertz CT molecular complexity index is 750. The Kier molecular flexibility index (Phi) is 4.53. The first kappa shape index (κ1) is 15.4. The summed E-state index contributed by atoms with van der Waals surface area (Å²) in [6.07, 6.45) is 0.819. The number of thiocarbonyl (C=S) groups is 1. The smallest absolute Gasteiger partial charge is 0.277 e. The molecular weight excluding hydrogens is 282 g/mol. The first-order chi connectivity index (χ1) is 9.93. The highest BCUT2D eigenvalue weighted by Crippen LogP contribution is 2.22. The van der Waals surface area contributed by atoms with E-state index in [0.717, 1.165) is 28.8 Å². The minimum absolute atomic E-state index is 0.110. The first-order valence-electron chi connectivity index (χ1n) is 6.93. The minimum Gasteiger partial charge on any atom is -0.389 e. The number of nitrogens with zero attached hydrogens (tertiary/aromatic N) is 2. The van der Waals surface area contributed by atoms with E-state index in [9.17, 15) is 4.79 Å². The fourth-order valence-corrected chi connectivity index (χ4v) is 2.37. The summed E-state index contributed by atoms with van der Waals surface area (Å²) in [7, 11) is 0. The Morgan fingerprint density at radius 1 is 1.33 bits per heavy atom. The van der Waals surface area contributed by atoms with E-state index < -0.39 is 0 Å². The standard InChI is InChI=1S/C16H19N3OS/c1-4-7-19-16(20)13(15(17)21)9-14(18-19)12-8-10(2)5-6-11(12)3/h5-6,8-9H,4,7H2,1-3H3,(H2,17,21). The lowest BCUT2D eigenvalue weighted by Crippen LogP contribution is -2.31. The van der Waals surface area contributed by atoms with Gasteiger partial charge in [-0.25, -0.2) is 4.68 Å². The molecule has 4 nitrogen and oxygen atoms in total. The highest BCUT2D eigenvalue weighted by molar-refractivity contribution is 7.80. The van der Waals surface area contributed by atoms with E-state index in [0.29, 0.717) is 12.1 Å². The van der Waals surface area contributed by atoms with Crippen LogP contribution in [-0.2, 0) is 6.54 Å². The molecule has 5 heteroatoms. The average molecular weight is 301 g/mol. The molecule has 0 aliphatic carbocycles. The van der Waals surface area contributed by atoms with E-state index in [1.165, 1.54) is 4.68 Å². The third kappa shape index (κ3) is 3.19. The summed E-state index contributed by atoms with van der Waals surface area (Å²) in [5.74, 6) is 0. The van der Waals surface area contributed by atoms with Crippen LogP contribution in [-0.4, -0.2) is 14.8 Å². The fraction of sp³-hybridized carbons (Fsp3) is 0.312. The molecule has 1 aromatic heterocycles. The van der Waals surface area contributed by atoms with Crippen molar-refractivity contribution in [3.63, 3.8) is 0 Å². The van der Waals surface area contributed by atoms with Gasteiger partial charge in [0.05, 0.1) is 11.3 Å². The maximum absolute atomic E-state index is 12.3. The molecular formula is C16H19N3OS. The van der Waals surface area contributed by atoms with Crippen molar-refractivity contribution in [1.29, 1.82) is 0 Å². The summed E-state index contributed by atoms with van der Waals surface area (Å²) in [5.41, 5.74) is 9.78. The molecule has 0 radical (unpaired) electrons. The van der Waals surface area contributed by atoms with Crippen LogP contribution in [0.1, 0.15) is 30.0 Å². The first-order valence-corrected chi connectivity index (χ1v) is 7.34. The van der Waals surface area contributed by atoms with Crippen LogP contribution in [0.4, 0.5) is 0 Å². The minimum atomic E-state index is -0.224. The molecule has 0 amide bonds. The summed E-state index contributed by atoms with van der Waals surface area (Å²) in [6.45, 7) is 6.60. The van der Waals surface area contributed by atoms with Crippen LogP contribution in [0.2, 0.25) is 0 Å². The van der Waals surface area contributed by atoms with E-state index in [4.69, 9.17) is 18.0 Å². The van der Waals surface area contributed by atoms with Gasteiger partial charge in [-0.3, -0.25) is 4.79 Å². The zero-order chi connectivity index (χ0) is 15.6. The highest BCUT2D eigenvalue weighted by Gasteiger charge is 2.13. The van der Waals surface area contributed by atoms with Gasteiger partial charge in [-0.1, -0.05) is 36.8 Å². The molecule has 0 unspecified atom stereocenters. The van der Waals surface area contributed by atoms with Crippen molar-refractivity contribution in [2.75, 3.05) is 0 Å². The van der Waals surface area contributed by atoms with Crippen molar-refractivity contribution in [3.05, 3.63) is 51.3 Å². The molecule has 0 atom stereocenters. The van der Waals surface area contributed by atoms with Gasteiger partial charge < -0.3 is 5.73 Å². The molecule has 0 saturated heterocycles. The second-order valence-electron chi connectivity index (χ2n) is 5.15. The SMILES string of the molecule is CCCn1nc(-c2cc(C)ccc2C)cc(C(N)=S)c1=O. The van der Waals surface area contributed by atoms with Crippen LogP contribution in [0, 0.1) is 13.8 Å². The van der Waals surface area contributed by atoms with Crippen molar-refractivity contribution >= 4 is 17.2 Å². The van der Waals surface area contributed by atoms with Crippen molar-refractivity contribution in [2.45, 2.75) is 33.7 Å². The van der Waals surface area contributed by atoms with Crippen LogP contribution < -0.4 is 11.3 Å². The van der Waals surface area contributed by atoms with Crippen molar-refractivity contribution in [1.82, 2.24) is 9.78 Å². The van der Waals surface area contributed by atoms with E-state index in [1.54, 1.807) is 6.07 Å². The number of nitrogens with two attached hydrogens (primary N) is 1. The lowest BCUT2D eigenvalue weighted by Gasteiger charge is -2.11. The molecule has 0 aliphatic rings. The maximum atomic E-state index is 12.3. The molecule has 21 heavy (non-hydrogen) atoms. The predicted octanol–water partition coefficient (Wildman–Crippen LogP) is 2.57. The van der Waals surface area contributed by atoms with E-state index >= 15 is 0 Å². The van der Waals surface area contributed by atoms with E-state index in [-0.39, 0.29) is 10.5 Å². The maximum Gasteiger partial charge on any atom is 0.277 e. The van der Waals surface area contributed by atoms with Crippen molar-refractivity contribution < 1.29 is 0 Å². The van der Waals surface area contributed by atoms with Crippen LogP contribution in [0.3, 0.4) is 0 Å². The predicted molar refractivity (Wildman–Crippen MR) is 89.6 cm³/mol. The number of benzene rings is 1. The lowest BCUT2D eigenvalue weighted by molar-refractivity contribution is 0.570. The Morgan fingerprint density at radius 3 is 2.67 bits per heavy atom. The molecule has 2 aromatic rings. The van der Waals surface area contributed by atoms with Crippen LogP contribution >= 0.6 is 12.2 Å². The molecule has 110 valence electrons. The zero-order valence-electron chi connectivity index (χ0n) is 12.5. The molecule has 1 heterocycles. The Hall–Kier alpha value is -2.01. The fourth-order valence-electron chi connectivity index (χ4n) is 2.23. The van der Waals surface area contributed by atoms with E-state index in [1.807, 2.05) is 26.8 Å². The summed E-state index contributed by atoms with van der Waals surface area (Å²) < 4.78 is 1.45. The topological polar surface area (TPSA) is 60.9 Å². The van der Waals surface area contributed by atoms with Crippen LogP contribution in [0.15, 0.2) is 29.1 Å². The number of hydrogen-bond acceptors (Lipinski definition) is 3. The zero-order valence-corrected chi connectivity index (χ0v) is 13.3. The van der Waals surface area contributed by atoms with Crippen LogP contribution in [0.25, 0.3) is 11.3 Å². The number of aryl methyl sites for hydroxylation is 3. The van der Waals surface area contributed by atoms with Gasteiger partial charge in [-0.15, -0.1) is 0 Å². The van der Waals surface area contributed by atoms with Crippen LogP contribution in [0.5, 0.6) is 0 Å². The molecule has 0 spiro atoms. The molecule has 0 fully saturated rings. The highest BCUT2D eigenvalue weighted by atomic mass is 32.1. The molecule has 2 N–H and O–H groups in total. The van der Waals surface area contributed by atoms with Gasteiger partial charge >= 0.3 is 0 Å². The van der Waals surface area contributed by atoms with Gasteiger partial charge in [0.25, 0.3) is 5.56 Å². The van der Waals surface area contributed by atoms with Gasteiger partial charge in [0, 0.05) is 12.1 Å². The van der Waals surface area contributed by atoms with Crippen molar-refractivity contribution in [2.24, 2.45) is 5.73 Å². The Morgan fingerprint density at radius 2 is 2.05 bits per heavy atom. The van der Waals surface area contributed by atoms with Crippen molar-refractivity contribution in [3.8, 4) is 11.3 Å². The summed E-state index contributed by atoms with van der Waals surface area (Å²) in [5, 5.41) is 4.47. The number of aromatic nitrogens is 2. The molecule has 0 bridgehead atoms. The Labute approximate surface area is 129 Å². The normalized spacial score (nSPS) is 10.6. The van der Waals surface area contributed by atoms with Gasteiger partial charge in [0.1, 0.15) is 4.99 Å². The number of hydrogen-bond donors (Lipinski definition) is 1. The summed E-state index contributed by atoms with van der Waals surface area (Å²) in [6, 6.07) is 7.85. The second-order valence-corrected chi connectivity index (χ2v) is 5.59. The number of rotatable bonds is 4. The van der Waals surface area contributed by atoms with E-state index in [2.05, 4.69) is 17.2 Å². The molecule has 1 aromatic carbocycles. The lowest BCUT2D eigenvalue weighted by atomic mass is 10.0. The third-order valence-electron chi connectivity index (χ3n) is 3.34. The quantitative estimate of drug-likeness (QED) is 0.882. The summed E-state index contributed by atoms with van der Waals surface area (Å²) in [4.78, 5) is 12.4. The van der Waals surface area contributed by atoms with Gasteiger partial charge in [0.2, 0.25) is 0 Å². The largest absolute Gasteiger partial charge is 0.389 e. The van der Waals surface area contributed by atoms with Gasteiger partial charge in [0.15, 0.2) is 0 Å². The third-order valence-corrected chi connectivity index (χ3v) is 3.56. The van der Waals surface area contributed by atoms with Gasteiger partial charge in [-0.2, -0.15) is 5.10 Å².